The van der Waals surface area contributed by atoms with E-state index in [1.165, 1.54) is 30.8 Å². The Balaban J connectivity index is 2.68. The van der Waals surface area contributed by atoms with Gasteiger partial charge in [-0.05, 0) is 25.1 Å². The second-order valence-electron chi connectivity index (χ2n) is 2.57. The van der Waals surface area contributed by atoms with Crippen LogP contribution in [-0.2, 0) is 4.79 Å². The summed E-state index contributed by atoms with van der Waals surface area (Å²) >= 11 is 6.80. The van der Waals surface area contributed by atoms with Crippen LogP contribution in [0.1, 0.15) is 6.92 Å². The standard InChI is InChI=1S/C9H8ClFOS/c1-6(12)5-13-7-2-3-8(10)9(11)4-7/h2-4H,5H2,1H3. The number of benzene rings is 1. The molecule has 0 heterocycles. The van der Waals surface area contributed by atoms with Gasteiger partial charge in [-0.15, -0.1) is 11.8 Å². The zero-order valence-corrected chi connectivity index (χ0v) is 8.58. The predicted molar refractivity (Wildman–Crippen MR) is 52.8 cm³/mol. The molecule has 0 N–H and O–H groups in total. The molecular weight excluding hydrogens is 211 g/mol. The Labute approximate surface area is 85.3 Å². The molecule has 0 spiro atoms. The summed E-state index contributed by atoms with van der Waals surface area (Å²) in [5.74, 6) is -0.0169. The van der Waals surface area contributed by atoms with E-state index in [1.54, 1.807) is 6.07 Å². The Morgan fingerprint density at radius 2 is 2.31 bits per heavy atom. The number of ketones is 1. The summed E-state index contributed by atoms with van der Waals surface area (Å²) in [4.78, 5) is 11.3. The normalized spacial score (nSPS) is 10.1. The van der Waals surface area contributed by atoms with Crippen LogP contribution in [-0.4, -0.2) is 11.5 Å². The van der Waals surface area contributed by atoms with Crippen molar-refractivity contribution in [2.45, 2.75) is 11.8 Å². The van der Waals surface area contributed by atoms with Crippen LogP contribution in [0.3, 0.4) is 0 Å². The highest BCUT2D eigenvalue weighted by atomic mass is 35.5. The van der Waals surface area contributed by atoms with Crippen LogP contribution < -0.4 is 0 Å². The lowest BCUT2D eigenvalue weighted by Gasteiger charge is -1.99. The highest BCUT2D eigenvalue weighted by Gasteiger charge is 2.02. The molecule has 0 saturated heterocycles. The topological polar surface area (TPSA) is 17.1 Å². The van der Waals surface area contributed by atoms with E-state index in [9.17, 15) is 9.18 Å². The molecule has 0 aliphatic heterocycles. The van der Waals surface area contributed by atoms with E-state index in [1.807, 2.05) is 0 Å². The minimum Gasteiger partial charge on any atom is -0.299 e. The first kappa shape index (κ1) is 10.5. The fourth-order valence-corrected chi connectivity index (χ4v) is 1.59. The third-order valence-corrected chi connectivity index (χ3v) is 2.78. The van der Waals surface area contributed by atoms with E-state index in [0.29, 0.717) is 5.75 Å². The monoisotopic (exact) mass is 218 g/mol. The first-order valence-corrected chi connectivity index (χ1v) is 5.03. The largest absolute Gasteiger partial charge is 0.299 e. The first-order chi connectivity index (χ1) is 6.09. The second-order valence-corrected chi connectivity index (χ2v) is 4.02. The van der Waals surface area contributed by atoms with Gasteiger partial charge in [0, 0.05) is 4.90 Å². The number of hydrogen-bond acceptors (Lipinski definition) is 2. The summed E-state index contributed by atoms with van der Waals surface area (Å²) in [6.45, 7) is 1.50. The molecule has 0 aliphatic carbocycles. The number of carbonyl (C=O) groups is 1. The Bertz CT molecular complexity index is 327. The molecule has 0 bridgehead atoms. The van der Waals surface area contributed by atoms with E-state index < -0.39 is 5.82 Å². The van der Waals surface area contributed by atoms with Crippen molar-refractivity contribution in [2.75, 3.05) is 5.75 Å². The molecule has 0 unspecified atom stereocenters. The number of hydrogen-bond donors (Lipinski definition) is 0. The van der Waals surface area contributed by atoms with Gasteiger partial charge in [-0.25, -0.2) is 4.39 Å². The Hall–Kier alpha value is -0.540. The van der Waals surface area contributed by atoms with Gasteiger partial charge in [-0.1, -0.05) is 11.6 Å². The summed E-state index contributed by atoms with van der Waals surface area (Å²) in [7, 11) is 0. The molecule has 0 atom stereocenters. The maximum atomic E-state index is 12.9. The van der Waals surface area contributed by atoms with E-state index in [4.69, 9.17) is 11.6 Å². The van der Waals surface area contributed by atoms with Crippen molar-refractivity contribution in [3.63, 3.8) is 0 Å². The number of thioether (sulfide) groups is 1. The Morgan fingerprint density at radius 1 is 1.62 bits per heavy atom. The molecule has 0 radical (unpaired) electrons. The van der Waals surface area contributed by atoms with Crippen molar-refractivity contribution in [1.29, 1.82) is 0 Å². The summed E-state index contributed by atoms with van der Waals surface area (Å²) < 4.78 is 12.9. The third kappa shape index (κ3) is 3.36. The van der Waals surface area contributed by atoms with Gasteiger partial charge in [0.25, 0.3) is 0 Å². The molecule has 70 valence electrons. The van der Waals surface area contributed by atoms with Crippen molar-refractivity contribution in [3.8, 4) is 0 Å². The van der Waals surface area contributed by atoms with Crippen molar-refractivity contribution in [1.82, 2.24) is 0 Å². The molecule has 1 rings (SSSR count). The van der Waals surface area contributed by atoms with Crippen LogP contribution in [0, 0.1) is 5.82 Å². The highest BCUT2D eigenvalue weighted by Crippen LogP contribution is 2.23. The van der Waals surface area contributed by atoms with E-state index in [-0.39, 0.29) is 10.8 Å². The Kier molecular flexibility index (Phi) is 3.75. The fourth-order valence-electron chi connectivity index (χ4n) is 0.752. The molecule has 1 aromatic carbocycles. The lowest BCUT2D eigenvalue weighted by Crippen LogP contribution is -1.92. The van der Waals surface area contributed by atoms with Crippen LogP contribution >= 0.6 is 23.4 Å². The number of Topliss-reactive ketones (excluding diaryl/α,β-unsaturated/α-hetero) is 1. The number of rotatable bonds is 3. The summed E-state index contributed by atoms with van der Waals surface area (Å²) in [5, 5.41) is 0.104. The van der Waals surface area contributed by atoms with Crippen molar-refractivity contribution < 1.29 is 9.18 Å². The van der Waals surface area contributed by atoms with Crippen LogP contribution in [0.25, 0.3) is 0 Å². The Morgan fingerprint density at radius 3 is 2.85 bits per heavy atom. The van der Waals surface area contributed by atoms with E-state index in [2.05, 4.69) is 0 Å². The molecule has 0 amide bonds. The SMILES string of the molecule is CC(=O)CSc1ccc(Cl)c(F)c1. The van der Waals surface area contributed by atoms with Gasteiger partial charge in [0.1, 0.15) is 11.6 Å². The van der Waals surface area contributed by atoms with Gasteiger partial charge in [-0.3, -0.25) is 4.79 Å². The molecule has 13 heavy (non-hydrogen) atoms. The van der Waals surface area contributed by atoms with Gasteiger partial charge in [-0.2, -0.15) is 0 Å². The van der Waals surface area contributed by atoms with Crippen molar-refractivity contribution >= 4 is 29.1 Å². The molecule has 0 aliphatic rings. The van der Waals surface area contributed by atoms with E-state index >= 15 is 0 Å². The maximum absolute atomic E-state index is 12.9. The quantitative estimate of drug-likeness (QED) is 0.725. The number of carbonyl (C=O) groups excluding carboxylic acids is 1. The molecule has 4 heteroatoms. The lowest BCUT2D eigenvalue weighted by atomic mass is 10.3. The smallest absolute Gasteiger partial charge is 0.142 e. The third-order valence-electron chi connectivity index (χ3n) is 1.33. The van der Waals surface area contributed by atoms with Crippen LogP contribution in [0.15, 0.2) is 23.1 Å². The number of halogens is 2. The van der Waals surface area contributed by atoms with Gasteiger partial charge in [0.15, 0.2) is 0 Å². The zero-order chi connectivity index (χ0) is 9.84. The average molecular weight is 219 g/mol. The van der Waals surface area contributed by atoms with Gasteiger partial charge in [0.05, 0.1) is 10.8 Å². The van der Waals surface area contributed by atoms with E-state index in [0.717, 1.165) is 4.90 Å². The van der Waals surface area contributed by atoms with Crippen LogP contribution in [0.5, 0.6) is 0 Å². The molecule has 0 aromatic heterocycles. The average Bonchev–Trinajstić information content (AvgIpc) is 2.07. The summed E-state index contributed by atoms with van der Waals surface area (Å²) in [5.41, 5.74) is 0. The molecule has 1 aromatic rings. The lowest BCUT2D eigenvalue weighted by molar-refractivity contribution is -0.114. The molecular formula is C9H8ClFOS. The van der Waals surface area contributed by atoms with Gasteiger partial charge < -0.3 is 0 Å². The minimum absolute atomic E-state index is 0.0698. The minimum atomic E-state index is -0.449. The molecule has 0 fully saturated rings. The highest BCUT2D eigenvalue weighted by molar-refractivity contribution is 8.00. The molecule has 1 nitrogen and oxygen atoms in total. The van der Waals surface area contributed by atoms with Crippen LogP contribution in [0.2, 0.25) is 5.02 Å². The van der Waals surface area contributed by atoms with Gasteiger partial charge in [0.2, 0.25) is 0 Å². The van der Waals surface area contributed by atoms with Gasteiger partial charge >= 0.3 is 0 Å². The second kappa shape index (κ2) is 4.63. The van der Waals surface area contributed by atoms with Crippen molar-refractivity contribution in [2.24, 2.45) is 0 Å². The maximum Gasteiger partial charge on any atom is 0.142 e. The zero-order valence-electron chi connectivity index (χ0n) is 7.01. The molecule has 0 saturated carbocycles. The predicted octanol–water partition coefficient (Wildman–Crippen LogP) is 3.16. The van der Waals surface area contributed by atoms with Crippen LogP contribution in [0.4, 0.5) is 4.39 Å². The fraction of sp³-hybridized carbons (Fsp3) is 0.222. The summed E-state index contributed by atoms with van der Waals surface area (Å²) in [6, 6.07) is 4.51. The summed E-state index contributed by atoms with van der Waals surface area (Å²) in [6.07, 6.45) is 0. The first-order valence-electron chi connectivity index (χ1n) is 3.67. The van der Waals surface area contributed by atoms with Crippen molar-refractivity contribution in [3.05, 3.63) is 29.0 Å².